The molecule has 794 valence electrons. The summed E-state index contributed by atoms with van der Waals surface area (Å²) in [7, 11) is -7.78. The number of aliphatic hydroxyl groups is 3. The summed E-state index contributed by atoms with van der Waals surface area (Å²) in [4.78, 5) is 74.1. The number of fused-ring (bicyclic) bond motifs is 2. The van der Waals surface area contributed by atoms with Crippen LogP contribution < -0.4 is 87.5 Å². The SMILES string of the molecule is C.C=CCBr.C=CCCC(C)CCC=C.C=C[CH2-].CC(C)CO.CC1CCC=CCC1.CC1CC[C@@H]2O[C@@H]2CC1.CC1CC[C@@H]2O[C@@H]2CC1.C[C@@H]1CC[C@H](N=[N+]=[N-])[C@@H](O)CC1.C[C@@H]1CC[C@H](NC(=O)[C@@H](C)CC2CCCCC2)[C@@H](O)CN1S(=O)(=O)c1ccccn1.C[C@@H]1CC[C@H](NC(=O)[C@H](CC2CCCCC2)NC(=O)c2ccco2)C(=O)CN1S(=O)(=O)c1ccccn1.O=C(O)c1ccco1.[Cl-].[H-].[Mg+2].[N-]=[N+]=[N-].[Na+].[Na+]. The number of allylic oxidation sites excluding steroid dienone is 6. The maximum absolute atomic E-state index is 13.4. The Morgan fingerprint density at radius 1 is 0.587 bits per heavy atom. The predicted molar refractivity (Wildman–Crippen MR) is 565 cm³/mol. The second kappa shape index (κ2) is 82.5. The number of hydrogen-bond donors (Lipinski definition) is 7. The van der Waals surface area contributed by atoms with E-state index < -0.39 is 80.0 Å². The van der Waals surface area contributed by atoms with E-state index in [1.165, 1.54) is 199 Å². The van der Waals surface area contributed by atoms with Crippen LogP contribution in [0.5, 0.6) is 0 Å². The topological polar surface area (TPSA) is 462 Å². The normalized spacial score (nSPS) is 24.2. The van der Waals surface area contributed by atoms with E-state index in [0.29, 0.717) is 86.8 Å². The Kier molecular flexibility index (Phi) is 81.9. The predicted octanol–water partition coefficient (Wildman–Crippen LogP) is 14.3. The number of aromatic carboxylic acids is 1. The number of sulfonamides is 2. The fourth-order valence-corrected chi connectivity index (χ4v) is 20.6. The fourth-order valence-electron chi connectivity index (χ4n) is 17.4. The number of hydrogen-bond acceptors (Lipinski definition) is 19. The molecule has 143 heavy (non-hydrogen) atoms. The number of β-amino-alcohol motifs (C(OH)–C–C–N with tert-alkyl or cyclic N) is 1. The van der Waals surface area contributed by atoms with Crippen LogP contribution in [0, 0.1) is 60.2 Å². The first-order valence-corrected chi connectivity index (χ1v) is 54.4. The molecule has 4 saturated heterocycles. The van der Waals surface area contributed by atoms with Gasteiger partial charge in [-0.05, 0) is 276 Å². The number of azide groups is 1. The average molecular weight is 2150 g/mol. The number of aliphatic hydroxyl groups excluding tert-OH is 3. The number of amides is 3. The number of Topliss-reactive ketones (excluding diaryl/α,β-unsaturated/α-hetero) is 1. The molecule has 3 amide bonds. The van der Waals surface area contributed by atoms with E-state index in [9.17, 15) is 51.0 Å². The van der Waals surface area contributed by atoms with E-state index in [1.807, 2.05) is 39.8 Å². The quantitative estimate of drug-likeness (QED) is 0.00394. The fraction of sp³-hybridized carbons (Fsp3) is 0.679. The van der Waals surface area contributed by atoms with E-state index >= 15 is 0 Å². The van der Waals surface area contributed by atoms with Crippen molar-refractivity contribution in [3.8, 4) is 0 Å². The molecule has 2 unspecified atom stereocenters. The number of nitrogens with one attached hydrogen (secondary N) is 3. The van der Waals surface area contributed by atoms with Crippen molar-refractivity contribution in [2.24, 2.45) is 58.4 Å². The Hall–Kier alpha value is -5.24. The van der Waals surface area contributed by atoms with Gasteiger partial charge in [0.15, 0.2) is 21.6 Å². The number of carboxylic acids is 1. The number of carbonyl (C=O) groups excluding carboxylic acids is 4. The first-order chi connectivity index (χ1) is 66.0. The number of rotatable bonds is 24. The monoisotopic (exact) mass is 2150 g/mol. The van der Waals surface area contributed by atoms with Gasteiger partial charge in [-0.3, -0.25) is 24.1 Å². The van der Waals surface area contributed by atoms with Crippen molar-refractivity contribution in [3.63, 3.8) is 0 Å². The van der Waals surface area contributed by atoms with Gasteiger partial charge in [0.05, 0.1) is 73.8 Å². The Morgan fingerprint density at radius 3 is 1.41 bits per heavy atom. The zero-order chi connectivity index (χ0) is 102. The van der Waals surface area contributed by atoms with Crippen molar-refractivity contribution in [3.05, 3.63) is 193 Å². The number of epoxide rings is 2. The minimum Gasteiger partial charge on any atom is -1.00 e. The van der Waals surface area contributed by atoms with Gasteiger partial charge in [-0.2, -0.15) is 8.61 Å². The molecule has 9 fully saturated rings. The van der Waals surface area contributed by atoms with Crippen LogP contribution in [0.25, 0.3) is 26.4 Å². The largest absolute Gasteiger partial charge is 2.00 e. The van der Waals surface area contributed by atoms with E-state index in [0.717, 1.165) is 104 Å². The number of ketones is 1. The Morgan fingerprint density at radius 2 is 1.01 bits per heavy atom. The number of carbonyl (C=O) groups is 5. The Bertz CT molecular complexity index is 4340. The smallest absolute Gasteiger partial charge is 1.00 e. The summed E-state index contributed by atoms with van der Waals surface area (Å²) in [5.41, 5.74) is 21.7. The van der Waals surface area contributed by atoms with Crippen molar-refractivity contribution in [1.82, 2.24) is 34.5 Å². The molecule has 4 aromatic rings. The molecule has 0 spiro atoms. The van der Waals surface area contributed by atoms with Crippen molar-refractivity contribution in [2.75, 3.05) is 25.0 Å². The number of halogens is 2. The van der Waals surface area contributed by atoms with Crippen LogP contribution in [0.3, 0.4) is 0 Å². The second-order valence-corrected chi connectivity index (χ2v) is 43.0. The molecule has 0 aromatic carbocycles. The van der Waals surface area contributed by atoms with E-state index in [1.54, 1.807) is 43.3 Å². The molecule has 30 nitrogen and oxygen atoms in total. The summed E-state index contributed by atoms with van der Waals surface area (Å²) < 4.78 is 75.3. The molecule has 4 aromatic heterocycles. The van der Waals surface area contributed by atoms with Crippen molar-refractivity contribution in [2.45, 2.75) is 391 Å². The van der Waals surface area contributed by atoms with Gasteiger partial charge in [-0.15, -0.1) is 19.7 Å². The number of ether oxygens (including phenoxy) is 2. The molecule has 6 aliphatic carbocycles. The van der Waals surface area contributed by atoms with Crippen molar-refractivity contribution >= 4 is 88.5 Å². The number of carboxylic acid groups (broad SMARTS) is 1. The molecular weight excluding hydrogens is 1980 g/mol. The minimum atomic E-state index is -3.97. The summed E-state index contributed by atoms with van der Waals surface area (Å²) >= 11 is 3.13. The molecule has 0 bridgehead atoms. The third-order valence-corrected chi connectivity index (χ3v) is 30.6. The number of furan rings is 2. The molecule has 5 saturated carbocycles. The van der Waals surface area contributed by atoms with Crippen LogP contribution in [0.15, 0.2) is 172 Å². The van der Waals surface area contributed by atoms with Gasteiger partial charge in [-0.25, -0.2) is 51.2 Å². The Labute approximate surface area is 934 Å². The third kappa shape index (κ3) is 59.8. The third-order valence-electron chi connectivity index (χ3n) is 26.3. The maximum Gasteiger partial charge on any atom is 2.00 e. The summed E-state index contributed by atoms with van der Waals surface area (Å²) in [6.45, 7) is 38.2. The van der Waals surface area contributed by atoms with E-state index in [-0.39, 0.29) is 162 Å². The minimum absolute atomic E-state index is 0. The van der Waals surface area contributed by atoms with Crippen LogP contribution in [0.2, 0.25) is 0 Å². The molecule has 8 heterocycles. The summed E-state index contributed by atoms with van der Waals surface area (Å²) in [6, 6.07) is 12.4. The zero-order valence-electron chi connectivity index (χ0n) is 88.3. The van der Waals surface area contributed by atoms with Crippen LogP contribution >= 0.6 is 15.9 Å². The van der Waals surface area contributed by atoms with Gasteiger partial charge in [-0.1, -0.05) is 197 Å². The van der Waals surface area contributed by atoms with Gasteiger partial charge in [0.1, 0.15) is 6.04 Å². The van der Waals surface area contributed by atoms with Crippen molar-refractivity contribution in [1.29, 1.82) is 0 Å². The summed E-state index contributed by atoms with van der Waals surface area (Å²) in [5, 5.41) is 49.6. The molecule has 37 heteroatoms. The zero-order valence-corrected chi connectivity index (χ0v) is 96.7. The van der Waals surface area contributed by atoms with Gasteiger partial charge in [0, 0.05) is 53.8 Å². The molecular formula is C106H173BrClMgN13Na2O17S2. The van der Waals surface area contributed by atoms with Gasteiger partial charge < -0.3 is 79.6 Å². The molecule has 4 aliphatic heterocycles. The first-order valence-electron chi connectivity index (χ1n) is 50.4. The van der Waals surface area contributed by atoms with Gasteiger partial charge in [0.2, 0.25) is 17.6 Å². The first kappa shape index (κ1) is 142. The van der Waals surface area contributed by atoms with Crippen LogP contribution in [0.1, 0.15) is 330 Å². The van der Waals surface area contributed by atoms with Crippen LogP contribution in [0.4, 0.5) is 0 Å². The molecule has 7 N–H and O–H groups in total. The molecule has 0 radical (unpaired) electrons. The maximum atomic E-state index is 13.4. The van der Waals surface area contributed by atoms with Crippen LogP contribution in [-0.2, 0) is 43.9 Å². The summed E-state index contributed by atoms with van der Waals surface area (Å²) in [6.07, 6.45) is 58.2. The van der Waals surface area contributed by atoms with Crippen molar-refractivity contribution < 1.29 is 152 Å². The average Bonchev–Trinajstić information content (AvgIpc) is 1.56. The van der Waals surface area contributed by atoms with Gasteiger partial charge in [0.25, 0.3) is 26.0 Å². The number of pyridine rings is 2. The van der Waals surface area contributed by atoms with E-state index in [4.69, 9.17) is 40.7 Å². The second-order valence-electron chi connectivity index (χ2n) is 38.7. The number of aromatic nitrogens is 2. The number of alkyl halides is 1. The standard InChI is InChI=1S/C26H34N4O6S.C22H35N3O4S.C10H18.C8H15N3O.2C8H14O.C8H14.C5H4O3.C4H10O.C3H5Br.C3H5.CH4.ClH.Mg.N3.2Na.H/c1-18-12-13-20(22(31)17-30(18)37(34,35)24-11-5-6-14-27-24)28-25(32)21(16-19-8-3-2-4-9-19)29-26(33)23-10-7-15-36-23;1-16(14-18-8-4-3-5-9-18)22(27)24-19-12-11-17(2)25(15-20(19)26)30(28,29)21-10-6-7-13-23-21;1-4-6-8-10(3)9-7-5-2;1-6-2-4-7(10-11-9)8(12)5-3-6;2*1-6-2-4-7-8(9-7)5-3-6;1-8-6-4-2-3-5-7-8;6-5(7)4-2-1-3-8-4;1-4(2)3-5;1-2-3-4;1-3-2;;;;1-3-2;;;/h5-7,10-11,14-15,18-21H,2-4,8-9,12-13,16-17H2,1H3,(H,28,32)(H,29,33);6-7,10,13,16-20,26H,3-5,8-9,11-12,14-15H2,1-2H3,(H,24,27);4-5,10H,1-2,6-9H2,3H3;6-8,12H,2-5H2,1H3;2*6-8H,2-5H2,1H3;2-3,8H,4-7H2,1H3;1-3H,(H,6,7);4-5H,3H2,1-2H3;2H,1,3H2;3H,1-2H2;1H4;1H;;;;;/q;;;;;;;;;;-1;;;+2;-1;2*+1;-1/p-1/t18-,20+,21+;16-,17+,19-,20-;;6-,7+,8+;2*6?,7-,8+;;;;;;;;;;;;/m10.1............../s1. The molecule has 10 aliphatic rings. The van der Waals surface area contributed by atoms with E-state index in [2.05, 4.69) is 136 Å². The Balaban J connectivity index is -0.000000810. The molecule has 14 rings (SSSR count). The number of nitrogens with zero attached hydrogens (tertiary/aromatic N) is 10. The van der Waals surface area contributed by atoms with Crippen LogP contribution in [-0.4, -0.2) is 206 Å². The molecule has 16 atom stereocenters. The summed E-state index contributed by atoms with van der Waals surface area (Å²) in [5.74, 6) is 3.28. The van der Waals surface area contributed by atoms with Gasteiger partial charge >= 0.3 is 88.1 Å².